The molecule has 1 aromatic heterocycles. The van der Waals surface area contributed by atoms with Crippen molar-refractivity contribution in [3.63, 3.8) is 0 Å². The van der Waals surface area contributed by atoms with Gasteiger partial charge in [0.2, 0.25) is 5.91 Å². The fraction of sp³-hybridized carbons (Fsp3) is 0.565. The monoisotopic (exact) mass is 415 g/mol. The fourth-order valence-electron chi connectivity index (χ4n) is 4.25. The molecule has 0 saturated carbocycles. The minimum atomic E-state index is -0.455. The number of ether oxygens (including phenoxy) is 2. The van der Waals surface area contributed by atoms with Crippen molar-refractivity contribution in [1.29, 1.82) is 0 Å². The van der Waals surface area contributed by atoms with Gasteiger partial charge in [-0.2, -0.15) is 0 Å². The molecule has 7 heteroatoms. The molecule has 1 aromatic carbocycles. The number of morpholine rings is 1. The lowest BCUT2D eigenvalue weighted by Crippen LogP contribution is -3.14. The maximum Gasteiger partial charge on any atom is 0.340 e. The Kier molecular flexibility index (Phi) is 5.84. The quantitative estimate of drug-likeness (QED) is 0.706. The lowest BCUT2D eigenvalue weighted by Gasteiger charge is -2.32. The molecular formula is C23H31N2O5+. The van der Waals surface area contributed by atoms with Crippen molar-refractivity contribution in [2.24, 2.45) is 0 Å². The predicted octanol–water partition coefficient (Wildman–Crippen LogP) is 0.779. The van der Waals surface area contributed by atoms with Gasteiger partial charge in [-0.05, 0) is 50.8 Å². The van der Waals surface area contributed by atoms with Gasteiger partial charge in [0.25, 0.3) is 0 Å². The van der Waals surface area contributed by atoms with Gasteiger partial charge in [-0.1, -0.05) is 0 Å². The molecule has 2 aliphatic heterocycles. The van der Waals surface area contributed by atoms with Gasteiger partial charge in [0.05, 0.1) is 38.3 Å². The lowest BCUT2D eigenvalue weighted by atomic mass is 9.92. The van der Waals surface area contributed by atoms with Crippen LogP contribution in [0.25, 0.3) is 11.0 Å². The number of aryl methyl sites for hydroxylation is 2. The molecular weight excluding hydrogens is 384 g/mol. The van der Waals surface area contributed by atoms with Crippen LogP contribution in [-0.4, -0.2) is 50.9 Å². The van der Waals surface area contributed by atoms with Crippen molar-refractivity contribution in [3.8, 4) is 5.75 Å². The number of carbonyl (C=O) groups is 1. The first-order chi connectivity index (χ1) is 14.3. The van der Waals surface area contributed by atoms with Crippen LogP contribution in [0.2, 0.25) is 0 Å². The normalized spacial score (nSPS) is 18.6. The summed E-state index contributed by atoms with van der Waals surface area (Å²) >= 11 is 0. The first kappa shape index (κ1) is 20.9. The molecule has 2 N–H and O–H groups in total. The van der Waals surface area contributed by atoms with Crippen LogP contribution >= 0.6 is 0 Å². The Bertz CT molecular complexity index is 1000. The standard InChI is InChI=1S/C23H30N2O5/c1-15-17-12-16-4-5-23(2,3)30-19(16)14-20(17)29-22(27)18(15)13-21(26)24-6-7-25-8-10-28-11-9-25/h12,14H,4-11,13H2,1-3H3,(H,24,26)/p+1. The molecule has 2 aliphatic rings. The first-order valence-corrected chi connectivity index (χ1v) is 10.8. The molecule has 3 heterocycles. The SMILES string of the molecule is Cc1c(CC(=O)NCC[NH+]2CCOCC2)c(=O)oc2cc3c(cc12)CCC(C)(C)O3. The van der Waals surface area contributed by atoms with E-state index in [-0.39, 0.29) is 17.9 Å². The van der Waals surface area contributed by atoms with Gasteiger partial charge in [0, 0.05) is 11.5 Å². The Hall–Kier alpha value is -2.38. The van der Waals surface area contributed by atoms with Gasteiger partial charge in [0.1, 0.15) is 30.0 Å². The summed E-state index contributed by atoms with van der Waals surface area (Å²) in [6.07, 6.45) is 1.88. The Morgan fingerprint density at radius 2 is 2.00 bits per heavy atom. The zero-order chi connectivity index (χ0) is 21.3. The van der Waals surface area contributed by atoms with Crippen LogP contribution in [0.1, 0.15) is 37.0 Å². The third kappa shape index (κ3) is 4.52. The topological polar surface area (TPSA) is 82.2 Å². The van der Waals surface area contributed by atoms with Gasteiger partial charge in [0.15, 0.2) is 0 Å². The summed E-state index contributed by atoms with van der Waals surface area (Å²) in [5.74, 6) is 0.623. The second-order valence-corrected chi connectivity index (χ2v) is 8.95. The van der Waals surface area contributed by atoms with Crippen LogP contribution in [0.4, 0.5) is 0 Å². The molecule has 2 aromatic rings. The summed E-state index contributed by atoms with van der Waals surface area (Å²) in [4.78, 5) is 26.5. The molecule has 0 spiro atoms. The van der Waals surface area contributed by atoms with Crippen LogP contribution in [0, 0.1) is 6.92 Å². The van der Waals surface area contributed by atoms with Gasteiger partial charge in [-0.25, -0.2) is 4.79 Å². The van der Waals surface area contributed by atoms with Crippen LogP contribution in [-0.2, 0) is 22.4 Å². The van der Waals surface area contributed by atoms with Crippen molar-refractivity contribution in [2.45, 2.75) is 45.6 Å². The highest BCUT2D eigenvalue weighted by molar-refractivity contribution is 5.86. The molecule has 0 radical (unpaired) electrons. The molecule has 1 fully saturated rings. The molecule has 30 heavy (non-hydrogen) atoms. The van der Waals surface area contributed by atoms with Crippen LogP contribution in [0.3, 0.4) is 0 Å². The van der Waals surface area contributed by atoms with E-state index in [1.54, 1.807) is 0 Å². The number of hydrogen-bond donors (Lipinski definition) is 2. The van der Waals surface area contributed by atoms with Crippen molar-refractivity contribution in [2.75, 3.05) is 39.4 Å². The molecule has 7 nitrogen and oxygen atoms in total. The average molecular weight is 416 g/mol. The van der Waals surface area contributed by atoms with Gasteiger partial charge < -0.3 is 24.1 Å². The first-order valence-electron chi connectivity index (χ1n) is 10.8. The predicted molar refractivity (Wildman–Crippen MR) is 113 cm³/mol. The number of carbonyl (C=O) groups excluding carboxylic acids is 1. The number of benzene rings is 1. The number of rotatable bonds is 5. The molecule has 0 aliphatic carbocycles. The van der Waals surface area contributed by atoms with Crippen molar-refractivity contribution >= 4 is 16.9 Å². The summed E-state index contributed by atoms with van der Waals surface area (Å²) in [6, 6.07) is 3.86. The average Bonchev–Trinajstić information content (AvgIpc) is 2.70. The van der Waals surface area contributed by atoms with E-state index >= 15 is 0 Å². The highest BCUT2D eigenvalue weighted by Gasteiger charge is 2.28. The zero-order valence-corrected chi connectivity index (χ0v) is 18.1. The smallest absolute Gasteiger partial charge is 0.340 e. The van der Waals surface area contributed by atoms with E-state index < -0.39 is 5.63 Å². The molecule has 1 amide bonds. The summed E-state index contributed by atoms with van der Waals surface area (Å²) in [6.45, 7) is 10.9. The number of amides is 1. The highest BCUT2D eigenvalue weighted by atomic mass is 16.5. The Balaban J connectivity index is 1.48. The summed E-state index contributed by atoms with van der Waals surface area (Å²) in [5.41, 5.74) is 2.18. The minimum Gasteiger partial charge on any atom is -0.487 e. The molecule has 0 unspecified atom stereocenters. The molecule has 0 atom stereocenters. The summed E-state index contributed by atoms with van der Waals surface area (Å²) in [5, 5.41) is 3.81. The molecule has 1 saturated heterocycles. The highest BCUT2D eigenvalue weighted by Crippen LogP contribution is 2.36. The Labute approximate surface area is 176 Å². The maximum atomic E-state index is 12.6. The maximum absolute atomic E-state index is 12.6. The summed E-state index contributed by atoms with van der Waals surface area (Å²) in [7, 11) is 0. The van der Waals surface area contributed by atoms with Crippen molar-refractivity contribution < 1.29 is 23.6 Å². The fourth-order valence-corrected chi connectivity index (χ4v) is 4.25. The van der Waals surface area contributed by atoms with Crippen molar-refractivity contribution in [1.82, 2.24) is 5.32 Å². The third-order valence-electron chi connectivity index (χ3n) is 6.19. The van der Waals surface area contributed by atoms with E-state index in [1.165, 1.54) is 4.90 Å². The Morgan fingerprint density at radius 3 is 2.77 bits per heavy atom. The zero-order valence-electron chi connectivity index (χ0n) is 18.1. The lowest BCUT2D eigenvalue weighted by molar-refractivity contribution is -0.906. The second kappa shape index (κ2) is 8.40. The third-order valence-corrected chi connectivity index (χ3v) is 6.19. The van der Waals surface area contributed by atoms with Crippen molar-refractivity contribution in [3.05, 3.63) is 39.2 Å². The van der Waals surface area contributed by atoms with E-state index in [1.807, 2.05) is 19.1 Å². The molecule has 162 valence electrons. The van der Waals surface area contributed by atoms with E-state index in [0.717, 1.165) is 68.0 Å². The van der Waals surface area contributed by atoms with E-state index in [9.17, 15) is 9.59 Å². The summed E-state index contributed by atoms with van der Waals surface area (Å²) < 4.78 is 17.0. The molecule has 0 bridgehead atoms. The van der Waals surface area contributed by atoms with Crippen LogP contribution in [0.15, 0.2) is 21.3 Å². The van der Waals surface area contributed by atoms with E-state index in [0.29, 0.717) is 17.7 Å². The second-order valence-electron chi connectivity index (χ2n) is 8.95. The molecule has 4 rings (SSSR count). The largest absolute Gasteiger partial charge is 0.487 e. The Morgan fingerprint density at radius 1 is 1.23 bits per heavy atom. The van der Waals surface area contributed by atoms with Gasteiger partial charge >= 0.3 is 5.63 Å². The van der Waals surface area contributed by atoms with E-state index in [2.05, 4.69) is 19.2 Å². The van der Waals surface area contributed by atoms with Gasteiger partial charge in [-0.15, -0.1) is 0 Å². The van der Waals surface area contributed by atoms with Crippen LogP contribution < -0.4 is 20.6 Å². The minimum absolute atomic E-state index is 0.0309. The number of quaternary nitrogens is 1. The number of hydrogen-bond acceptors (Lipinski definition) is 5. The van der Waals surface area contributed by atoms with Crippen LogP contribution in [0.5, 0.6) is 5.75 Å². The number of fused-ring (bicyclic) bond motifs is 2. The van der Waals surface area contributed by atoms with Gasteiger partial charge in [-0.3, -0.25) is 4.79 Å². The number of nitrogens with one attached hydrogen (secondary N) is 2. The van der Waals surface area contributed by atoms with E-state index in [4.69, 9.17) is 13.9 Å².